The molecular weight excluding hydrogens is 627 g/mol. The first-order valence-corrected chi connectivity index (χ1v) is 15.1. The largest absolute Gasteiger partial charge is 0.214 e. The van der Waals surface area contributed by atoms with Crippen LogP contribution in [0.15, 0.2) is 163 Å². The van der Waals surface area contributed by atoms with E-state index in [-0.39, 0.29) is 21.1 Å². The van der Waals surface area contributed by atoms with E-state index >= 15 is 0 Å². The third-order valence-corrected chi connectivity index (χ3v) is 10.5. The summed E-state index contributed by atoms with van der Waals surface area (Å²) in [5.74, 6) is 5.01. The van der Waals surface area contributed by atoms with E-state index < -0.39 is 22.5 Å². The van der Waals surface area contributed by atoms with Gasteiger partial charge in [0.2, 0.25) is 0 Å². The Kier molecular flexibility index (Phi) is 19.1. The van der Waals surface area contributed by atoms with Gasteiger partial charge in [0.1, 0.15) is 32.9 Å². The van der Waals surface area contributed by atoms with Gasteiger partial charge >= 0.3 is 11.3 Å². The predicted octanol–water partition coefficient (Wildman–Crippen LogP) is 7.90. The number of hydrogen-bond acceptors (Lipinski definition) is 0. The molecule has 0 fully saturated rings. The zero-order chi connectivity index (χ0) is 28.1. The van der Waals surface area contributed by atoms with Crippen molar-refractivity contribution in [1.82, 2.24) is 0 Å². The van der Waals surface area contributed by atoms with Crippen molar-refractivity contribution in [1.29, 1.82) is 0 Å². The molecular formula is C33H29F3MoOP2. The van der Waals surface area contributed by atoms with Gasteiger partial charge in [-0.05, 0) is 48.5 Å². The fourth-order valence-corrected chi connectivity index (χ4v) is 8.65. The molecule has 0 bridgehead atoms. The van der Waals surface area contributed by atoms with Crippen molar-refractivity contribution in [2.45, 2.75) is 0 Å². The molecule has 0 radical (unpaired) electrons. The van der Waals surface area contributed by atoms with Crippen molar-refractivity contribution in [2.24, 2.45) is 0 Å². The molecule has 0 aliphatic rings. The molecule has 204 valence electrons. The van der Waals surface area contributed by atoms with Gasteiger partial charge in [-0.25, -0.2) is 12.1 Å². The second-order valence-electron chi connectivity index (χ2n) is 7.80. The van der Waals surface area contributed by atoms with E-state index in [0.29, 0.717) is 0 Å². The van der Waals surface area contributed by atoms with Gasteiger partial charge in [0.25, 0.3) is 0 Å². The van der Waals surface area contributed by atoms with Gasteiger partial charge < -0.3 is 13.2 Å². The Morgan fingerprint density at radius 2 is 0.725 bits per heavy atom. The Hall–Kier alpha value is -2.95. The van der Waals surface area contributed by atoms with Gasteiger partial charge in [0.15, 0.2) is 6.68 Å². The second kappa shape index (κ2) is 21.8. The fourth-order valence-electron chi connectivity index (χ4n) is 3.68. The summed E-state index contributed by atoms with van der Waals surface area (Å²) in [6.07, 6.45) is 0. The van der Waals surface area contributed by atoms with Gasteiger partial charge in [-0.2, -0.15) is 18.2 Å². The van der Waals surface area contributed by atoms with E-state index in [1.165, 1.54) is 21.2 Å². The normalized spacial score (nSPS) is 9.90. The summed E-state index contributed by atoms with van der Waals surface area (Å²) >= 11 is 0. The molecule has 0 saturated carbocycles. The standard InChI is InChI=1S/C26H22P2.C5H5.CF3.CO.Mo/c1-5-13-23(14-6-1)27(24-15-7-2-8-16-24)21-22-28(25-17-9-3-10-18-25)26-19-11-4-12-20-26;1-2-4-5-3-1;2-1(3)4;1-2;/h1-22H;1-5H;;;/q;2*-1;;/p+2. The van der Waals surface area contributed by atoms with Crippen LogP contribution in [0.2, 0.25) is 0 Å². The summed E-state index contributed by atoms with van der Waals surface area (Å²) in [6.45, 7) is 1.42. The average Bonchev–Trinajstić information content (AvgIpc) is 3.59. The van der Waals surface area contributed by atoms with Crippen LogP contribution in [0.5, 0.6) is 0 Å². The third-order valence-electron chi connectivity index (χ3n) is 5.31. The van der Waals surface area contributed by atoms with E-state index in [1.54, 1.807) is 0 Å². The molecule has 0 saturated heterocycles. The summed E-state index contributed by atoms with van der Waals surface area (Å²) in [6, 6.07) is 53.7. The molecule has 0 N–H and O–H groups in total. The van der Waals surface area contributed by atoms with Gasteiger partial charge in [-0.15, -0.1) is 0 Å². The zero-order valence-electron chi connectivity index (χ0n) is 21.5. The zero-order valence-corrected chi connectivity index (χ0v) is 25.5. The van der Waals surface area contributed by atoms with E-state index in [4.69, 9.17) is 4.65 Å². The van der Waals surface area contributed by atoms with Crippen molar-refractivity contribution in [3.63, 3.8) is 0 Å². The smallest absolute Gasteiger partial charge is 0 e. The van der Waals surface area contributed by atoms with Gasteiger partial charge in [-0.1, -0.05) is 72.8 Å². The minimum absolute atomic E-state index is 0. The van der Waals surface area contributed by atoms with E-state index in [1.807, 2.05) is 30.3 Å². The van der Waals surface area contributed by atoms with Crippen LogP contribution >= 0.6 is 15.8 Å². The minimum atomic E-state index is -3.08. The topological polar surface area (TPSA) is 19.9 Å². The molecule has 5 aromatic carbocycles. The monoisotopic (exact) mass is 658 g/mol. The molecule has 40 heavy (non-hydrogen) atoms. The second-order valence-corrected chi connectivity index (χ2v) is 12.4. The first-order chi connectivity index (χ1) is 19.1. The van der Waals surface area contributed by atoms with Crippen LogP contribution < -0.4 is 21.2 Å². The molecule has 7 heteroatoms. The number of halogens is 3. The molecule has 5 rings (SSSR count). The summed E-state index contributed by atoms with van der Waals surface area (Å²) in [5.41, 5.74) is 0. The Labute approximate surface area is 251 Å². The SMILES string of the molecule is C(=C[PH+](c1ccccc1)c1ccccc1)[PH+](c1ccccc1)c1ccccc1.F[C-](F)F.[C-]#[O+].[Mo].c1cc[cH-]c1. The van der Waals surface area contributed by atoms with E-state index in [0.717, 1.165) is 0 Å². The third kappa shape index (κ3) is 13.4. The maximum Gasteiger partial charge on any atom is 0 e. The van der Waals surface area contributed by atoms with E-state index in [9.17, 15) is 13.2 Å². The van der Waals surface area contributed by atoms with Crippen LogP contribution in [0.3, 0.4) is 0 Å². The molecule has 0 aliphatic carbocycles. The van der Waals surface area contributed by atoms with E-state index in [2.05, 4.69) is 140 Å². The summed E-state index contributed by atoms with van der Waals surface area (Å²) in [7, 11) is -1.93. The first kappa shape index (κ1) is 35.1. The number of rotatable bonds is 6. The molecule has 0 heterocycles. The van der Waals surface area contributed by atoms with Crippen molar-refractivity contribution < 1.29 is 38.9 Å². The van der Waals surface area contributed by atoms with Crippen LogP contribution in [0.1, 0.15) is 0 Å². The maximum atomic E-state index is 9.58. The Morgan fingerprint density at radius 1 is 0.500 bits per heavy atom. The minimum Gasteiger partial charge on any atom is -0.214 e. The number of hydrogen-bond donors (Lipinski definition) is 0. The quantitative estimate of drug-likeness (QED) is 0.0767. The van der Waals surface area contributed by atoms with Crippen molar-refractivity contribution in [3.8, 4) is 0 Å². The predicted molar refractivity (Wildman–Crippen MR) is 163 cm³/mol. The Bertz CT molecular complexity index is 1120. The fraction of sp³-hybridized carbons (Fsp3) is 0. The van der Waals surface area contributed by atoms with Crippen molar-refractivity contribution >= 4 is 37.1 Å². The van der Waals surface area contributed by atoms with Gasteiger partial charge in [-0.3, -0.25) is 0 Å². The molecule has 5 aromatic rings. The Morgan fingerprint density at radius 3 is 0.900 bits per heavy atom. The molecule has 0 aliphatic heterocycles. The van der Waals surface area contributed by atoms with Crippen LogP contribution in [-0.4, -0.2) is 0 Å². The molecule has 0 amide bonds. The molecule has 0 atom stereocenters. The maximum absolute atomic E-state index is 9.58. The van der Waals surface area contributed by atoms with Crippen LogP contribution in [0.25, 0.3) is 0 Å². The van der Waals surface area contributed by atoms with Crippen molar-refractivity contribution in [2.75, 3.05) is 0 Å². The molecule has 0 spiro atoms. The van der Waals surface area contributed by atoms with Crippen LogP contribution in [0.4, 0.5) is 13.2 Å². The summed E-state index contributed by atoms with van der Waals surface area (Å²) in [5, 5.41) is 5.71. The number of benzene rings is 4. The van der Waals surface area contributed by atoms with Crippen LogP contribution in [0, 0.1) is 13.3 Å². The Balaban J connectivity index is 0.000000567. The first-order valence-electron chi connectivity index (χ1n) is 12.0. The average molecular weight is 656 g/mol. The van der Waals surface area contributed by atoms with Crippen LogP contribution in [-0.2, 0) is 25.7 Å². The van der Waals surface area contributed by atoms with Crippen molar-refractivity contribution in [3.05, 3.63) is 177 Å². The molecule has 0 aromatic heterocycles. The molecule has 0 unspecified atom stereocenters. The summed E-state index contributed by atoms with van der Waals surface area (Å²) in [4.78, 5) is 0. The van der Waals surface area contributed by atoms with Gasteiger partial charge in [0, 0.05) is 21.1 Å². The summed E-state index contributed by atoms with van der Waals surface area (Å²) < 4.78 is 36.2. The molecule has 1 nitrogen and oxygen atoms in total. The van der Waals surface area contributed by atoms with Gasteiger partial charge in [0.05, 0.1) is 15.8 Å².